The van der Waals surface area contributed by atoms with Gasteiger partial charge in [0.1, 0.15) is 0 Å². The van der Waals surface area contributed by atoms with E-state index >= 15 is 0 Å². The number of aromatic nitrogens is 1. The second kappa shape index (κ2) is 5.46. The van der Waals surface area contributed by atoms with Crippen molar-refractivity contribution < 1.29 is 0 Å². The third kappa shape index (κ3) is 2.50. The summed E-state index contributed by atoms with van der Waals surface area (Å²) in [5.74, 6) is 0. The molecule has 1 aliphatic heterocycles. The number of hydrogen-bond donors (Lipinski definition) is 0. The van der Waals surface area contributed by atoms with Crippen molar-refractivity contribution >= 4 is 10.9 Å². The molecule has 0 bridgehead atoms. The van der Waals surface area contributed by atoms with Crippen LogP contribution < -0.4 is 0 Å². The maximum atomic E-state index is 9.11. The monoisotopic (exact) mass is 253 g/mol. The van der Waals surface area contributed by atoms with E-state index in [2.05, 4.69) is 33.9 Å². The van der Waals surface area contributed by atoms with Gasteiger partial charge in [0.25, 0.3) is 0 Å². The fourth-order valence-electron chi connectivity index (χ4n) is 2.95. The summed E-state index contributed by atoms with van der Waals surface area (Å²) in [5.41, 5.74) is 1.95. The third-order valence-corrected chi connectivity index (χ3v) is 4.04. The smallest absolute Gasteiger partial charge is 0.0998 e. The lowest BCUT2D eigenvalue weighted by Gasteiger charge is -2.26. The maximum Gasteiger partial charge on any atom is 0.0998 e. The van der Waals surface area contributed by atoms with Crippen molar-refractivity contribution in [3.63, 3.8) is 0 Å². The molecule has 0 unspecified atom stereocenters. The zero-order valence-electron chi connectivity index (χ0n) is 11.2. The summed E-state index contributed by atoms with van der Waals surface area (Å²) < 4.78 is 2.27. The SMILES string of the molecule is N#Cc1cccc2c1ccn2CCN1CCCCC1. The van der Waals surface area contributed by atoms with Crippen LogP contribution >= 0.6 is 0 Å². The van der Waals surface area contributed by atoms with Gasteiger partial charge in [0, 0.05) is 30.2 Å². The Morgan fingerprint density at radius 1 is 1.05 bits per heavy atom. The average molecular weight is 253 g/mol. The first-order valence-corrected chi connectivity index (χ1v) is 7.09. The van der Waals surface area contributed by atoms with Gasteiger partial charge in [-0.3, -0.25) is 0 Å². The van der Waals surface area contributed by atoms with Gasteiger partial charge in [-0.15, -0.1) is 0 Å². The quantitative estimate of drug-likeness (QED) is 0.842. The predicted molar refractivity (Wildman–Crippen MR) is 76.9 cm³/mol. The van der Waals surface area contributed by atoms with E-state index in [1.54, 1.807) is 0 Å². The van der Waals surface area contributed by atoms with Gasteiger partial charge in [0.15, 0.2) is 0 Å². The summed E-state index contributed by atoms with van der Waals surface area (Å²) in [6, 6.07) is 10.3. The van der Waals surface area contributed by atoms with Gasteiger partial charge in [-0.2, -0.15) is 5.26 Å². The average Bonchev–Trinajstić information content (AvgIpc) is 2.89. The molecule has 0 radical (unpaired) electrons. The summed E-state index contributed by atoms with van der Waals surface area (Å²) in [6.07, 6.45) is 6.17. The molecule has 3 nitrogen and oxygen atoms in total. The van der Waals surface area contributed by atoms with Gasteiger partial charge in [-0.1, -0.05) is 12.5 Å². The van der Waals surface area contributed by atoms with E-state index in [4.69, 9.17) is 5.26 Å². The molecule has 0 spiro atoms. The number of nitriles is 1. The minimum atomic E-state index is 0.772. The Hall–Kier alpha value is -1.79. The van der Waals surface area contributed by atoms with Gasteiger partial charge in [0.2, 0.25) is 0 Å². The highest BCUT2D eigenvalue weighted by atomic mass is 15.1. The molecule has 3 heteroatoms. The van der Waals surface area contributed by atoms with E-state index in [-0.39, 0.29) is 0 Å². The Morgan fingerprint density at radius 2 is 1.89 bits per heavy atom. The highest BCUT2D eigenvalue weighted by Gasteiger charge is 2.10. The second-order valence-corrected chi connectivity index (χ2v) is 5.26. The molecule has 1 aromatic heterocycles. The lowest BCUT2D eigenvalue weighted by atomic mass is 10.1. The van der Waals surface area contributed by atoms with E-state index in [1.807, 2.05) is 12.1 Å². The Balaban J connectivity index is 1.76. The molecule has 1 aliphatic rings. The lowest BCUT2D eigenvalue weighted by Crippen LogP contribution is -2.32. The molecule has 1 saturated heterocycles. The van der Waals surface area contributed by atoms with Crippen molar-refractivity contribution in [3.8, 4) is 6.07 Å². The first-order valence-electron chi connectivity index (χ1n) is 7.09. The van der Waals surface area contributed by atoms with Gasteiger partial charge in [0.05, 0.1) is 11.6 Å². The fourth-order valence-corrected chi connectivity index (χ4v) is 2.95. The number of benzene rings is 1. The number of hydrogen-bond acceptors (Lipinski definition) is 2. The molecule has 0 atom stereocenters. The topological polar surface area (TPSA) is 32.0 Å². The van der Waals surface area contributed by atoms with Crippen molar-refractivity contribution in [2.24, 2.45) is 0 Å². The molecule has 0 N–H and O–H groups in total. The van der Waals surface area contributed by atoms with Crippen LogP contribution in [-0.4, -0.2) is 29.1 Å². The summed E-state index contributed by atoms with van der Waals surface area (Å²) in [4.78, 5) is 2.55. The van der Waals surface area contributed by atoms with Crippen molar-refractivity contribution in [1.29, 1.82) is 5.26 Å². The molecule has 1 aromatic carbocycles. The normalized spacial score (nSPS) is 16.6. The maximum absolute atomic E-state index is 9.11. The number of likely N-dealkylation sites (tertiary alicyclic amines) is 1. The standard InChI is InChI=1S/C16H19N3/c17-13-14-5-4-6-16-15(14)7-10-19(16)12-11-18-8-2-1-3-9-18/h4-7,10H,1-3,8-9,11-12H2. The zero-order valence-corrected chi connectivity index (χ0v) is 11.2. The Kier molecular flexibility index (Phi) is 3.52. The molecule has 0 aliphatic carbocycles. The summed E-state index contributed by atoms with van der Waals surface area (Å²) in [7, 11) is 0. The van der Waals surface area contributed by atoms with Crippen LogP contribution in [0.1, 0.15) is 24.8 Å². The van der Waals surface area contributed by atoms with Crippen molar-refractivity contribution in [3.05, 3.63) is 36.0 Å². The number of fused-ring (bicyclic) bond motifs is 1. The number of nitrogens with zero attached hydrogens (tertiary/aromatic N) is 3. The van der Waals surface area contributed by atoms with E-state index in [0.29, 0.717) is 0 Å². The molecule has 0 saturated carbocycles. The van der Waals surface area contributed by atoms with E-state index in [9.17, 15) is 0 Å². The predicted octanol–water partition coefficient (Wildman–Crippen LogP) is 3.00. The molecule has 3 rings (SSSR count). The van der Waals surface area contributed by atoms with E-state index < -0.39 is 0 Å². The van der Waals surface area contributed by atoms with Crippen molar-refractivity contribution in [1.82, 2.24) is 9.47 Å². The summed E-state index contributed by atoms with van der Waals surface area (Å²) in [5, 5.41) is 10.2. The molecule has 2 aromatic rings. The van der Waals surface area contributed by atoms with Crippen LogP contribution in [0.2, 0.25) is 0 Å². The van der Waals surface area contributed by atoms with Crippen LogP contribution in [0.4, 0.5) is 0 Å². The van der Waals surface area contributed by atoms with Crippen LogP contribution in [0.15, 0.2) is 30.5 Å². The van der Waals surface area contributed by atoms with Crippen molar-refractivity contribution in [2.75, 3.05) is 19.6 Å². The van der Waals surface area contributed by atoms with Crippen LogP contribution in [-0.2, 0) is 6.54 Å². The second-order valence-electron chi connectivity index (χ2n) is 5.26. The van der Waals surface area contributed by atoms with E-state index in [1.165, 1.54) is 37.9 Å². The molecule has 19 heavy (non-hydrogen) atoms. The highest BCUT2D eigenvalue weighted by molar-refractivity contribution is 5.85. The van der Waals surface area contributed by atoms with Gasteiger partial charge in [-0.25, -0.2) is 0 Å². The van der Waals surface area contributed by atoms with Crippen LogP contribution in [0.5, 0.6) is 0 Å². The molecule has 1 fully saturated rings. The molecular weight excluding hydrogens is 234 g/mol. The molecule has 98 valence electrons. The Labute approximate surface area is 114 Å². The van der Waals surface area contributed by atoms with Gasteiger partial charge >= 0.3 is 0 Å². The molecule has 2 heterocycles. The molecule has 0 amide bonds. The minimum Gasteiger partial charge on any atom is -0.346 e. The Bertz CT molecular complexity index is 600. The number of piperidine rings is 1. The first kappa shape index (κ1) is 12.3. The molecular formula is C16H19N3. The zero-order chi connectivity index (χ0) is 13.1. The van der Waals surface area contributed by atoms with Crippen molar-refractivity contribution in [2.45, 2.75) is 25.8 Å². The third-order valence-electron chi connectivity index (χ3n) is 4.04. The minimum absolute atomic E-state index is 0.772. The Morgan fingerprint density at radius 3 is 2.68 bits per heavy atom. The van der Waals surface area contributed by atoms with Gasteiger partial charge in [-0.05, 0) is 44.1 Å². The van der Waals surface area contributed by atoms with Crippen LogP contribution in [0.3, 0.4) is 0 Å². The summed E-state index contributed by atoms with van der Waals surface area (Å²) >= 11 is 0. The fraction of sp³-hybridized carbons (Fsp3) is 0.438. The van der Waals surface area contributed by atoms with Gasteiger partial charge < -0.3 is 9.47 Å². The van der Waals surface area contributed by atoms with Crippen LogP contribution in [0, 0.1) is 11.3 Å². The van der Waals surface area contributed by atoms with E-state index in [0.717, 1.165) is 24.0 Å². The lowest BCUT2D eigenvalue weighted by molar-refractivity contribution is 0.221. The number of rotatable bonds is 3. The summed E-state index contributed by atoms with van der Waals surface area (Å²) in [6.45, 7) is 4.60. The van der Waals surface area contributed by atoms with Crippen LogP contribution in [0.25, 0.3) is 10.9 Å². The largest absolute Gasteiger partial charge is 0.346 e. The highest BCUT2D eigenvalue weighted by Crippen LogP contribution is 2.20. The first-order chi connectivity index (χ1) is 9.38.